The standard InChI is InChI=1S/C11H7BrFNO2/c12-6-1-2-10(13)7(3-6)8-4-14-5-9(8)11(15)16/h1-5,14H,(H,15,16). The highest BCUT2D eigenvalue weighted by Gasteiger charge is 2.15. The number of nitrogens with one attached hydrogen (secondary N) is 1. The monoisotopic (exact) mass is 283 g/mol. The number of hydrogen-bond acceptors (Lipinski definition) is 1. The van der Waals surface area contributed by atoms with Crippen LogP contribution < -0.4 is 0 Å². The number of aromatic carboxylic acids is 1. The molecule has 0 aliphatic rings. The van der Waals surface area contributed by atoms with E-state index in [0.29, 0.717) is 10.0 Å². The summed E-state index contributed by atoms with van der Waals surface area (Å²) >= 11 is 3.22. The first-order valence-electron chi connectivity index (χ1n) is 4.45. The van der Waals surface area contributed by atoms with Gasteiger partial charge in [-0.3, -0.25) is 0 Å². The lowest BCUT2D eigenvalue weighted by Gasteiger charge is -2.03. The van der Waals surface area contributed by atoms with Gasteiger partial charge in [-0.05, 0) is 18.2 Å². The Morgan fingerprint density at radius 3 is 2.75 bits per heavy atom. The molecule has 0 atom stereocenters. The van der Waals surface area contributed by atoms with Gasteiger partial charge in [-0.15, -0.1) is 0 Å². The fourth-order valence-corrected chi connectivity index (χ4v) is 1.83. The van der Waals surface area contributed by atoms with E-state index in [1.165, 1.54) is 18.5 Å². The summed E-state index contributed by atoms with van der Waals surface area (Å²) in [5.74, 6) is -1.54. The van der Waals surface area contributed by atoms with E-state index < -0.39 is 11.8 Å². The second-order valence-electron chi connectivity index (χ2n) is 3.21. The van der Waals surface area contributed by atoms with E-state index in [4.69, 9.17) is 5.11 Å². The predicted molar refractivity (Wildman–Crippen MR) is 60.8 cm³/mol. The molecule has 0 spiro atoms. The van der Waals surface area contributed by atoms with Crippen molar-refractivity contribution in [2.75, 3.05) is 0 Å². The molecule has 0 saturated carbocycles. The van der Waals surface area contributed by atoms with Crippen molar-refractivity contribution in [1.29, 1.82) is 0 Å². The largest absolute Gasteiger partial charge is 0.478 e. The SMILES string of the molecule is O=C(O)c1c[nH]cc1-c1cc(Br)ccc1F. The fraction of sp³-hybridized carbons (Fsp3) is 0. The molecule has 0 aliphatic carbocycles. The van der Waals surface area contributed by atoms with Crippen LogP contribution in [0.4, 0.5) is 4.39 Å². The molecular weight excluding hydrogens is 277 g/mol. The Labute approximate surface area is 99.1 Å². The van der Waals surface area contributed by atoms with Crippen molar-refractivity contribution >= 4 is 21.9 Å². The second kappa shape index (κ2) is 4.09. The van der Waals surface area contributed by atoms with Gasteiger partial charge in [-0.1, -0.05) is 15.9 Å². The minimum Gasteiger partial charge on any atom is -0.478 e. The maximum Gasteiger partial charge on any atom is 0.337 e. The van der Waals surface area contributed by atoms with Crippen LogP contribution in [-0.4, -0.2) is 16.1 Å². The van der Waals surface area contributed by atoms with Crippen LogP contribution in [0.1, 0.15) is 10.4 Å². The number of aromatic nitrogens is 1. The predicted octanol–water partition coefficient (Wildman–Crippen LogP) is 3.28. The van der Waals surface area contributed by atoms with Crippen molar-refractivity contribution < 1.29 is 14.3 Å². The molecule has 0 unspecified atom stereocenters. The van der Waals surface area contributed by atoms with E-state index in [-0.39, 0.29) is 11.1 Å². The van der Waals surface area contributed by atoms with Gasteiger partial charge in [0.15, 0.2) is 0 Å². The normalized spacial score (nSPS) is 10.4. The zero-order chi connectivity index (χ0) is 11.7. The van der Waals surface area contributed by atoms with Gasteiger partial charge in [0.1, 0.15) is 5.82 Å². The lowest BCUT2D eigenvalue weighted by atomic mass is 10.0. The van der Waals surface area contributed by atoms with E-state index in [2.05, 4.69) is 20.9 Å². The van der Waals surface area contributed by atoms with Crippen LogP contribution in [0.2, 0.25) is 0 Å². The second-order valence-corrected chi connectivity index (χ2v) is 4.13. The zero-order valence-electron chi connectivity index (χ0n) is 8.00. The molecule has 82 valence electrons. The van der Waals surface area contributed by atoms with Crippen molar-refractivity contribution in [2.45, 2.75) is 0 Å². The molecule has 0 bridgehead atoms. The van der Waals surface area contributed by atoms with E-state index in [1.807, 2.05) is 0 Å². The number of carboxylic acids is 1. The topological polar surface area (TPSA) is 53.1 Å². The molecule has 1 heterocycles. The van der Waals surface area contributed by atoms with Crippen LogP contribution in [0.3, 0.4) is 0 Å². The number of hydrogen-bond donors (Lipinski definition) is 2. The molecular formula is C11H7BrFNO2. The average Bonchev–Trinajstić information content (AvgIpc) is 2.70. The molecule has 3 nitrogen and oxygen atoms in total. The first-order chi connectivity index (χ1) is 7.59. The van der Waals surface area contributed by atoms with Crippen molar-refractivity contribution in [3.05, 3.63) is 46.4 Å². The summed E-state index contributed by atoms with van der Waals surface area (Å²) in [7, 11) is 0. The number of rotatable bonds is 2. The molecule has 2 aromatic rings. The summed E-state index contributed by atoms with van der Waals surface area (Å²) in [5, 5.41) is 8.92. The molecule has 1 aromatic carbocycles. The van der Waals surface area contributed by atoms with E-state index in [1.54, 1.807) is 12.1 Å². The number of benzene rings is 1. The highest BCUT2D eigenvalue weighted by molar-refractivity contribution is 9.10. The Morgan fingerprint density at radius 2 is 2.06 bits per heavy atom. The summed E-state index contributed by atoms with van der Waals surface area (Å²) in [6.45, 7) is 0. The summed E-state index contributed by atoms with van der Waals surface area (Å²) in [4.78, 5) is 13.6. The van der Waals surface area contributed by atoms with Crippen LogP contribution in [-0.2, 0) is 0 Å². The maximum atomic E-state index is 13.5. The molecule has 0 radical (unpaired) electrons. The van der Waals surface area contributed by atoms with Crippen molar-refractivity contribution in [2.24, 2.45) is 0 Å². The van der Waals surface area contributed by atoms with E-state index in [0.717, 1.165) is 0 Å². The Morgan fingerprint density at radius 1 is 1.31 bits per heavy atom. The molecule has 0 saturated heterocycles. The highest BCUT2D eigenvalue weighted by Crippen LogP contribution is 2.28. The fourth-order valence-electron chi connectivity index (χ4n) is 1.47. The lowest BCUT2D eigenvalue weighted by molar-refractivity contribution is 0.0698. The number of carbonyl (C=O) groups is 1. The average molecular weight is 284 g/mol. The quantitative estimate of drug-likeness (QED) is 0.889. The highest BCUT2D eigenvalue weighted by atomic mass is 79.9. The third kappa shape index (κ3) is 1.86. The third-order valence-electron chi connectivity index (χ3n) is 2.19. The molecule has 2 N–H and O–H groups in total. The van der Waals surface area contributed by atoms with Crippen LogP contribution in [0, 0.1) is 5.82 Å². The van der Waals surface area contributed by atoms with Crippen LogP contribution in [0.25, 0.3) is 11.1 Å². The molecule has 1 aromatic heterocycles. The molecule has 16 heavy (non-hydrogen) atoms. The van der Waals surface area contributed by atoms with Crippen molar-refractivity contribution in [3.8, 4) is 11.1 Å². The van der Waals surface area contributed by atoms with Gasteiger partial charge in [0.05, 0.1) is 5.56 Å². The van der Waals surface area contributed by atoms with Gasteiger partial charge in [-0.25, -0.2) is 9.18 Å². The Balaban J connectivity index is 2.62. The van der Waals surface area contributed by atoms with E-state index >= 15 is 0 Å². The Kier molecular flexibility index (Phi) is 2.78. The zero-order valence-corrected chi connectivity index (χ0v) is 9.58. The van der Waals surface area contributed by atoms with Gasteiger partial charge in [0.2, 0.25) is 0 Å². The first-order valence-corrected chi connectivity index (χ1v) is 5.24. The van der Waals surface area contributed by atoms with Gasteiger partial charge in [0.25, 0.3) is 0 Å². The Bertz CT molecular complexity index is 551. The molecule has 5 heteroatoms. The maximum absolute atomic E-state index is 13.5. The molecule has 0 aliphatic heterocycles. The molecule has 2 rings (SSSR count). The van der Waals surface area contributed by atoms with Crippen LogP contribution >= 0.6 is 15.9 Å². The number of carboxylic acid groups (broad SMARTS) is 1. The summed E-state index contributed by atoms with van der Waals surface area (Å²) < 4.78 is 14.2. The van der Waals surface area contributed by atoms with Gasteiger partial charge in [0, 0.05) is 28.0 Å². The van der Waals surface area contributed by atoms with Crippen molar-refractivity contribution in [1.82, 2.24) is 4.98 Å². The summed E-state index contributed by atoms with van der Waals surface area (Å²) in [5.41, 5.74) is 0.649. The van der Waals surface area contributed by atoms with Crippen molar-refractivity contribution in [3.63, 3.8) is 0 Å². The van der Waals surface area contributed by atoms with Crippen LogP contribution in [0.15, 0.2) is 35.1 Å². The van der Waals surface area contributed by atoms with Gasteiger partial charge >= 0.3 is 5.97 Å². The molecule has 0 fully saturated rings. The molecule has 0 amide bonds. The van der Waals surface area contributed by atoms with Crippen LogP contribution in [0.5, 0.6) is 0 Å². The third-order valence-corrected chi connectivity index (χ3v) is 2.69. The summed E-state index contributed by atoms with van der Waals surface area (Å²) in [6.07, 6.45) is 2.80. The minimum atomic E-state index is -1.09. The van der Waals surface area contributed by atoms with E-state index in [9.17, 15) is 9.18 Å². The smallest absolute Gasteiger partial charge is 0.337 e. The van der Waals surface area contributed by atoms with Gasteiger partial charge in [-0.2, -0.15) is 0 Å². The summed E-state index contributed by atoms with van der Waals surface area (Å²) in [6, 6.07) is 4.40. The number of aromatic amines is 1. The lowest BCUT2D eigenvalue weighted by Crippen LogP contribution is -1.97. The minimum absolute atomic E-state index is 0.0528. The Hall–Kier alpha value is -1.62. The number of H-pyrrole nitrogens is 1. The number of halogens is 2. The van der Waals surface area contributed by atoms with Gasteiger partial charge < -0.3 is 10.1 Å². The first kappa shape index (κ1) is 10.9.